The quantitative estimate of drug-likeness (QED) is 0.0353. The van der Waals surface area contributed by atoms with Gasteiger partial charge in [0.15, 0.2) is 6.10 Å². The highest BCUT2D eigenvalue weighted by molar-refractivity contribution is 5.71. The largest absolute Gasteiger partial charge is 0.462 e. The topological polar surface area (TPSA) is 78.9 Å². The third kappa shape index (κ3) is 39.6. The number of rotatable bonds is 42. The molecule has 0 aliphatic carbocycles. The molecule has 1 atom stereocenters. The monoisotopic (exact) mass is 737 g/mol. The Hall–Kier alpha value is -1.59. The maximum Gasteiger partial charge on any atom is 0.306 e. The molecule has 0 aliphatic rings. The molecule has 6 heteroatoms. The summed E-state index contributed by atoms with van der Waals surface area (Å²) in [5, 5.41) is 0. The Balaban J connectivity index is 4.30. The Morgan fingerprint density at radius 3 is 0.769 bits per heavy atom. The number of carbonyl (C=O) groups excluding carboxylic acids is 3. The van der Waals surface area contributed by atoms with E-state index in [4.69, 9.17) is 14.2 Å². The van der Waals surface area contributed by atoms with Crippen LogP contribution in [0.4, 0.5) is 0 Å². The molecule has 0 spiro atoms. The van der Waals surface area contributed by atoms with Crippen LogP contribution in [0.1, 0.15) is 258 Å². The maximum atomic E-state index is 12.7. The minimum absolute atomic E-state index is 0.0627. The van der Waals surface area contributed by atoms with Gasteiger partial charge in [0.25, 0.3) is 0 Å². The Bertz CT molecular complexity index is 768. The third-order valence-corrected chi connectivity index (χ3v) is 10.4. The molecule has 0 amide bonds. The zero-order valence-corrected chi connectivity index (χ0v) is 35.1. The van der Waals surface area contributed by atoms with Gasteiger partial charge < -0.3 is 14.2 Å². The second kappa shape index (κ2) is 42.2. The smallest absolute Gasteiger partial charge is 0.306 e. The van der Waals surface area contributed by atoms with Crippen molar-refractivity contribution < 1.29 is 28.6 Å². The van der Waals surface area contributed by atoms with Crippen molar-refractivity contribution in [1.29, 1.82) is 0 Å². The summed E-state index contributed by atoms with van der Waals surface area (Å²) in [7, 11) is 0. The lowest BCUT2D eigenvalue weighted by molar-refractivity contribution is -0.167. The molecule has 0 saturated heterocycles. The molecule has 0 aromatic heterocycles. The van der Waals surface area contributed by atoms with Crippen LogP contribution in [-0.4, -0.2) is 37.2 Å². The maximum absolute atomic E-state index is 12.7. The molecule has 6 nitrogen and oxygen atoms in total. The van der Waals surface area contributed by atoms with E-state index in [9.17, 15) is 14.4 Å². The van der Waals surface area contributed by atoms with E-state index < -0.39 is 6.10 Å². The summed E-state index contributed by atoms with van der Waals surface area (Å²) in [4.78, 5) is 37.7. The van der Waals surface area contributed by atoms with Crippen LogP contribution < -0.4 is 0 Å². The van der Waals surface area contributed by atoms with E-state index >= 15 is 0 Å². The minimum atomic E-state index is -0.757. The van der Waals surface area contributed by atoms with Gasteiger partial charge in [0.05, 0.1) is 0 Å². The average molecular weight is 737 g/mol. The normalized spacial score (nSPS) is 11.8. The fourth-order valence-electron chi connectivity index (χ4n) is 6.85. The van der Waals surface area contributed by atoms with E-state index in [0.717, 1.165) is 57.8 Å². The number of hydrogen-bond acceptors (Lipinski definition) is 6. The van der Waals surface area contributed by atoms with Crippen molar-refractivity contribution in [2.24, 2.45) is 0 Å². The molecule has 0 heterocycles. The van der Waals surface area contributed by atoms with E-state index in [2.05, 4.69) is 20.8 Å². The lowest BCUT2D eigenvalue weighted by atomic mass is 10.0. The van der Waals surface area contributed by atoms with E-state index in [1.54, 1.807) is 0 Å². The van der Waals surface area contributed by atoms with Gasteiger partial charge >= 0.3 is 17.9 Å². The minimum Gasteiger partial charge on any atom is -0.462 e. The highest BCUT2D eigenvalue weighted by atomic mass is 16.6. The van der Waals surface area contributed by atoms with Crippen molar-refractivity contribution in [3.05, 3.63) is 0 Å². The van der Waals surface area contributed by atoms with Gasteiger partial charge in [0.1, 0.15) is 13.2 Å². The number of unbranched alkanes of at least 4 members (excludes halogenated alkanes) is 31. The van der Waals surface area contributed by atoms with Gasteiger partial charge in [-0.25, -0.2) is 0 Å². The predicted octanol–water partition coefficient (Wildman–Crippen LogP) is 14.5. The fraction of sp³-hybridized carbons (Fsp3) is 0.935. The molecule has 0 aliphatic heterocycles. The average Bonchev–Trinajstić information content (AvgIpc) is 3.14. The van der Waals surface area contributed by atoms with Crippen LogP contribution in [0.25, 0.3) is 0 Å². The second-order valence-corrected chi connectivity index (χ2v) is 15.7. The molecule has 52 heavy (non-hydrogen) atoms. The second-order valence-electron chi connectivity index (χ2n) is 15.7. The van der Waals surface area contributed by atoms with Crippen LogP contribution in [0.5, 0.6) is 0 Å². The van der Waals surface area contributed by atoms with Crippen LogP contribution in [-0.2, 0) is 28.6 Å². The lowest BCUT2D eigenvalue weighted by Gasteiger charge is -2.18. The van der Waals surface area contributed by atoms with Gasteiger partial charge in [-0.3, -0.25) is 14.4 Å². The molecule has 0 bridgehead atoms. The summed E-state index contributed by atoms with van der Waals surface area (Å²) >= 11 is 0. The van der Waals surface area contributed by atoms with Crippen molar-refractivity contribution in [3.8, 4) is 0 Å². The van der Waals surface area contributed by atoms with Crippen molar-refractivity contribution in [2.75, 3.05) is 13.2 Å². The molecule has 0 radical (unpaired) electrons. The van der Waals surface area contributed by atoms with Crippen LogP contribution in [0.2, 0.25) is 0 Å². The van der Waals surface area contributed by atoms with Crippen molar-refractivity contribution in [1.82, 2.24) is 0 Å². The van der Waals surface area contributed by atoms with E-state index in [1.165, 1.54) is 161 Å². The van der Waals surface area contributed by atoms with E-state index in [0.29, 0.717) is 19.3 Å². The van der Waals surface area contributed by atoms with Gasteiger partial charge in [-0.15, -0.1) is 0 Å². The van der Waals surface area contributed by atoms with Gasteiger partial charge in [-0.1, -0.05) is 220 Å². The molecule has 0 aromatic carbocycles. The SMILES string of the molecule is CCCCCCCCCCCCCCCC(=O)OC[C@@H](COC(=O)CCCCCCCCCCCCC)OC(=O)CCCCCCCCCCCC. The Morgan fingerprint density at radius 2 is 0.519 bits per heavy atom. The third-order valence-electron chi connectivity index (χ3n) is 10.4. The standard InChI is InChI=1S/C46H88O6/c1-4-7-10-13-16-19-22-23-25-28-30-33-36-39-45(48)51-42-43(52-46(49)40-37-34-31-26-21-18-15-12-9-6-3)41-50-44(47)38-35-32-29-27-24-20-17-14-11-8-5-2/h43H,4-42H2,1-3H3/t43-/m1/s1. The first-order chi connectivity index (χ1) is 25.5. The first-order valence-corrected chi connectivity index (χ1v) is 23.0. The van der Waals surface area contributed by atoms with E-state index in [1.807, 2.05) is 0 Å². The Labute approximate surface area is 323 Å². The summed E-state index contributed by atoms with van der Waals surface area (Å²) in [5.74, 6) is -0.852. The van der Waals surface area contributed by atoms with Crippen LogP contribution >= 0.6 is 0 Å². The van der Waals surface area contributed by atoms with E-state index in [-0.39, 0.29) is 31.1 Å². The number of esters is 3. The van der Waals surface area contributed by atoms with Crippen LogP contribution in [0, 0.1) is 0 Å². The first kappa shape index (κ1) is 50.4. The summed E-state index contributed by atoms with van der Waals surface area (Å²) in [6, 6.07) is 0. The number of ether oxygens (including phenoxy) is 3. The summed E-state index contributed by atoms with van der Waals surface area (Å²) in [5.41, 5.74) is 0. The van der Waals surface area contributed by atoms with Crippen molar-refractivity contribution in [3.63, 3.8) is 0 Å². The van der Waals surface area contributed by atoms with Crippen LogP contribution in [0.15, 0.2) is 0 Å². The zero-order valence-electron chi connectivity index (χ0n) is 35.1. The van der Waals surface area contributed by atoms with Crippen LogP contribution in [0.3, 0.4) is 0 Å². The molecule has 0 aromatic rings. The molecule has 0 saturated carbocycles. The number of carbonyl (C=O) groups is 3. The predicted molar refractivity (Wildman–Crippen MR) is 220 cm³/mol. The van der Waals surface area contributed by atoms with Crippen molar-refractivity contribution >= 4 is 17.9 Å². The molecular weight excluding hydrogens is 648 g/mol. The summed E-state index contributed by atoms with van der Waals surface area (Å²) in [6.07, 6.45) is 42.2. The highest BCUT2D eigenvalue weighted by Crippen LogP contribution is 2.16. The highest BCUT2D eigenvalue weighted by Gasteiger charge is 2.19. The fourth-order valence-corrected chi connectivity index (χ4v) is 6.85. The van der Waals surface area contributed by atoms with Gasteiger partial charge in [0.2, 0.25) is 0 Å². The van der Waals surface area contributed by atoms with Gasteiger partial charge in [-0.2, -0.15) is 0 Å². The van der Waals surface area contributed by atoms with Gasteiger partial charge in [-0.05, 0) is 19.3 Å². The molecular formula is C46H88O6. The zero-order chi connectivity index (χ0) is 38.0. The first-order valence-electron chi connectivity index (χ1n) is 23.0. The summed E-state index contributed by atoms with van der Waals surface area (Å²) < 4.78 is 16.7. The molecule has 308 valence electrons. The molecule has 0 fully saturated rings. The lowest BCUT2D eigenvalue weighted by Crippen LogP contribution is -2.30. The van der Waals surface area contributed by atoms with Gasteiger partial charge in [0, 0.05) is 19.3 Å². The summed E-state index contributed by atoms with van der Waals surface area (Å²) in [6.45, 7) is 6.63. The molecule has 0 unspecified atom stereocenters. The van der Waals surface area contributed by atoms with Crippen molar-refractivity contribution in [2.45, 2.75) is 264 Å². The number of hydrogen-bond donors (Lipinski definition) is 0. The molecule has 0 rings (SSSR count). The Kier molecular flexibility index (Phi) is 40.9. The molecule has 0 N–H and O–H groups in total. The Morgan fingerprint density at radius 1 is 0.308 bits per heavy atom.